The smallest absolute Gasteiger partial charge is 0.238 e. The van der Waals surface area contributed by atoms with E-state index in [0.29, 0.717) is 10.8 Å². The maximum Gasteiger partial charge on any atom is 0.238 e. The van der Waals surface area contributed by atoms with E-state index in [9.17, 15) is 13.2 Å². The first kappa shape index (κ1) is 24.0. The van der Waals surface area contributed by atoms with Gasteiger partial charge in [-0.2, -0.15) is 0 Å². The summed E-state index contributed by atoms with van der Waals surface area (Å²) in [7, 11) is -1.91. The minimum Gasteiger partial charge on any atom is -0.325 e. The third kappa shape index (κ3) is 5.56. The fraction of sp³-hybridized carbons (Fsp3) is 0.318. The molecule has 0 aliphatic carbocycles. The van der Waals surface area contributed by atoms with Crippen LogP contribution in [0.3, 0.4) is 0 Å². The number of nitrogens with one attached hydrogen (secondary N) is 1. The molecule has 8 nitrogen and oxygen atoms in total. The van der Waals surface area contributed by atoms with Crippen molar-refractivity contribution in [2.45, 2.75) is 48.4 Å². The van der Waals surface area contributed by atoms with Gasteiger partial charge in [0.25, 0.3) is 0 Å². The van der Waals surface area contributed by atoms with Crippen LogP contribution < -0.4 is 10.5 Å². The Morgan fingerprint density at radius 1 is 1.06 bits per heavy atom. The topological polar surface area (TPSA) is 120 Å². The highest BCUT2D eigenvalue weighted by Crippen LogP contribution is 2.28. The van der Waals surface area contributed by atoms with Gasteiger partial charge in [-0.15, -0.1) is 10.2 Å². The van der Waals surface area contributed by atoms with Crippen LogP contribution in [-0.4, -0.2) is 34.3 Å². The number of hydrogen-bond donors (Lipinski definition) is 2. The van der Waals surface area contributed by atoms with Crippen LogP contribution >= 0.6 is 11.8 Å². The predicted molar refractivity (Wildman–Crippen MR) is 127 cm³/mol. The van der Waals surface area contributed by atoms with Crippen LogP contribution in [0, 0.1) is 0 Å². The fourth-order valence-corrected chi connectivity index (χ4v) is 4.30. The van der Waals surface area contributed by atoms with Gasteiger partial charge in [0, 0.05) is 18.3 Å². The molecule has 0 aliphatic rings. The van der Waals surface area contributed by atoms with Crippen LogP contribution in [0.25, 0.3) is 11.4 Å². The van der Waals surface area contributed by atoms with Crippen molar-refractivity contribution in [3.05, 3.63) is 54.1 Å². The van der Waals surface area contributed by atoms with Crippen molar-refractivity contribution in [1.29, 1.82) is 0 Å². The number of hydrogen-bond acceptors (Lipinski definition) is 6. The Morgan fingerprint density at radius 2 is 1.66 bits per heavy atom. The maximum absolute atomic E-state index is 12.6. The van der Waals surface area contributed by atoms with Gasteiger partial charge in [-0.05, 0) is 42.2 Å². The van der Waals surface area contributed by atoms with Gasteiger partial charge in [0.15, 0.2) is 11.0 Å². The number of carbonyl (C=O) groups is 1. The van der Waals surface area contributed by atoms with Crippen molar-refractivity contribution in [1.82, 2.24) is 14.8 Å². The lowest BCUT2D eigenvalue weighted by Gasteiger charge is -2.19. The Kier molecular flexibility index (Phi) is 6.77. The molecule has 1 heterocycles. The van der Waals surface area contributed by atoms with Crippen molar-refractivity contribution in [3.63, 3.8) is 0 Å². The molecule has 3 N–H and O–H groups in total. The summed E-state index contributed by atoms with van der Waals surface area (Å²) in [5.74, 6) is 0.483. The largest absolute Gasteiger partial charge is 0.325 e. The zero-order valence-corrected chi connectivity index (χ0v) is 20.3. The lowest BCUT2D eigenvalue weighted by atomic mass is 9.87. The highest BCUT2D eigenvalue weighted by molar-refractivity contribution is 8.00. The van der Waals surface area contributed by atoms with E-state index in [1.807, 2.05) is 23.7 Å². The Balaban J connectivity index is 1.68. The number of anilines is 1. The summed E-state index contributed by atoms with van der Waals surface area (Å²) in [4.78, 5) is 12.6. The normalized spacial score (nSPS) is 13.1. The summed E-state index contributed by atoms with van der Waals surface area (Å²) in [6, 6.07) is 13.9. The zero-order chi connectivity index (χ0) is 23.7. The molecule has 0 saturated carbocycles. The van der Waals surface area contributed by atoms with E-state index in [2.05, 4.69) is 48.4 Å². The van der Waals surface area contributed by atoms with E-state index < -0.39 is 15.3 Å². The van der Waals surface area contributed by atoms with Gasteiger partial charge in [0.1, 0.15) is 0 Å². The highest BCUT2D eigenvalue weighted by Gasteiger charge is 2.20. The van der Waals surface area contributed by atoms with E-state index in [1.54, 1.807) is 6.92 Å². The Morgan fingerprint density at radius 3 is 2.19 bits per heavy atom. The van der Waals surface area contributed by atoms with Crippen LogP contribution in [-0.2, 0) is 27.3 Å². The summed E-state index contributed by atoms with van der Waals surface area (Å²) in [6.45, 7) is 8.27. The predicted octanol–water partition coefficient (Wildman–Crippen LogP) is 3.55. The van der Waals surface area contributed by atoms with Crippen LogP contribution in [0.5, 0.6) is 0 Å². The molecule has 0 aliphatic heterocycles. The molecule has 1 aromatic heterocycles. The third-order valence-corrected chi connectivity index (χ3v) is 7.01. The second-order valence-corrected chi connectivity index (χ2v) is 11.4. The minimum atomic E-state index is -3.78. The van der Waals surface area contributed by atoms with Gasteiger partial charge in [-0.1, -0.05) is 56.8 Å². The molecule has 0 bridgehead atoms. The number of rotatable bonds is 6. The first-order valence-corrected chi connectivity index (χ1v) is 12.4. The van der Waals surface area contributed by atoms with Gasteiger partial charge in [-0.25, -0.2) is 13.6 Å². The molecule has 32 heavy (non-hydrogen) atoms. The lowest BCUT2D eigenvalue weighted by molar-refractivity contribution is -0.115. The van der Waals surface area contributed by atoms with Crippen LogP contribution in [0.15, 0.2) is 58.6 Å². The molecule has 0 fully saturated rings. The molecule has 0 spiro atoms. The summed E-state index contributed by atoms with van der Waals surface area (Å²) >= 11 is 1.29. The standard InChI is InChI=1S/C22H27N5O3S2/c1-14(20(28)24-17-10-12-18(13-11-17)32(23,29)30)31-21-26-25-19(27(21)5)15-6-8-16(9-7-15)22(2,3)4/h6-14H,1-5H3,(H,24,28)(H2,23,29,30)/t14-/m0/s1. The molecule has 0 unspecified atom stereocenters. The molecule has 1 amide bonds. The molecule has 3 rings (SSSR count). The van der Waals surface area contributed by atoms with Crippen molar-refractivity contribution in [3.8, 4) is 11.4 Å². The molecule has 0 radical (unpaired) electrons. The molecular weight excluding hydrogens is 446 g/mol. The first-order chi connectivity index (χ1) is 14.9. The summed E-state index contributed by atoms with van der Waals surface area (Å²) in [5, 5.41) is 16.6. The van der Waals surface area contributed by atoms with E-state index in [-0.39, 0.29) is 16.2 Å². The number of benzene rings is 2. The number of primary sulfonamides is 1. The van der Waals surface area contributed by atoms with Gasteiger partial charge < -0.3 is 9.88 Å². The first-order valence-electron chi connectivity index (χ1n) is 9.97. The summed E-state index contributed by atoms with van der Waals surface area (Å²) < 4.78 is 24.6. The SMILES string of the molecule is C[C@H](Sc1nnc(-c2ccc(C(C)(C)C)cc2)n1C)C(=O)Nc1ccc(S(N)(=O)=O)cc1. The van der Waals surface area contributed by atoms with E-state index in [4.69, 9.17) is 5.14 Å². The van der Waals surface area contributed by atoms with Crippen LogP contribution in [0.2, 0.25) is 0 Å². The van der Waals surface area contributed by atoms with Gasteiger partial charge >= 0.3 is 0 Å². The van der Waals surface area contributed by atoms with E-state index >= 15 is 0 Å². The molecule has 1 atom stereocenters. The molecular formula is C22H27N5O3S2. The second-order valence-electron chi connectivity index (χ2n) is 8.51. The number of aromatic nitrogens is 3. The van der Waals surface area contributed by atoms with Crippen molar-refractivity contribution >= 4 is 33.4 Å². The number of carbonyl (C=O) groups excluding carboxylic acids is 1. The number of thioether (sulfide) groups is 1. The number of nitrogens with two attached hydrogens (primary N) is 1. The average Bonchev–Trinajstić information content (AvgIpc) is 3.07. The summed E-state index contributed by atoms with van der Waals surface area (Å²) in [5.41, 5.74) is 2.74. The Labute approximate surface area is 192 Å². The number of nitrogens with zero attached hydrogens (tertiary/aromatic N) is 3. The molecule has 170 valence electrons. The summed E-state index contributed by atoms with van der Waals surface area (Å²) in [6.07, 6.45) is 0. The quantitative estimate of drug-likeness (QED) is 0.528. The minimum absolute atomic E-state index is 0.0138. The van der Waals surface area contributed by atoms with Gasteiger partial charge in [-0.3, -0.25) is 4.79 Å². The van der Waals surface area contributed by atoms with E-state index in [1.165, 1.54) is 41.6 Å². The van der Waals surface area contributed by atoms with Crippen molar-refractivity contribution in [2.24, 2.45) is 12.2 Å². The van der Waals surface area contributed by atoms with E-state index in [0.717, 1.165) is 11.4 Å². The van der Waals surface area contributed by atoms with Crippen molar-refractivity contribution < 1.29 is 13.2 Å². The molecule has 3 aromatic rings. The number of amides is 1. The number of sulfonamides is 1. The maximum atomic E-state index is 12.6. The van der Waals surface area contributed by atoms with Gasteiger partial charge in [0.05, 0.1) is 10.1 Å². The lowest BCUT2D eigenvalue weighted by Crippen LogP contribution is -2.23. The Hall–Kier alpha value is -2.69. The molecule has 10 heteroatoms. The second kappa shape index (κ2) is 9.05. The third-order valence-electron chi connectivity index (χ3n) is 4.95. The van der Waals surface area contributed by atoms with Crippen LogP contribution in [0.1, 0.15) is 33.3 Å². The van der Waals surface area contributed by atoms with Crippen molar-refractivity contribution in [2.75, 3.05) is 5.32 Å². The molecule has 2 aromatic carbocycles. The highest BCUT2D eigenvalue weighted by atomic mass is 32.2. The zero-order valence-electron chi connectivity index (χ0n) is 18.7. The molecule has 0 saturated heterocycles. The van der Waals surface area contributed by atoms with Crippen LogP contribution in [0.4, 0.5) is 5.69 Å². The fourth-order valence-electron chi connectivity index (χ4n) is 2.97. The Bertz CT molecular complexity index is 1210. The van der Waals surface area contributed by atoms with Gasteiger partial charge in [0.2, 0.25) is 15.9 Å². The monoisotopic (exact) mass is 473 g/mol. The average molecular weight is 474 g/mol.